The molecule has 2 aliphatic heterocycles. The van der Waals surface area contributed by atoms with Crippen molar-refractivity contribution in [3.05, 3.63) is 65.7 Å². The van der Waals surface area contributed by atoms with Crippen molar-refractivity contribution in [3.8, 4) is 0 Å². The first kappa shape index (κ1) is 24.7. The summed E-state index contributed by atoms with van der Waals surface area (Å²) in [6.45, 7) is 4.44. The van der Waals surface area contributed by atoms with Gasteiger partial charge in [-0.1, -0.05) is 61.2 Å². The van der Waals surface area contributed by atoms with Gasteiger partial charge in [0.1, 0.15) is 11.9 Å². The number of carbonyl (C=O) groups excluding carboxylic acids is 3. The first-order valence-electron chi connectivity index (χ1n) is 11.8. The van der Waals surface area contributed by atoms with Crippen LogP contribution in [0.3, 0.4) is 0 Å². The van der Waals surface area contributed by atoms with Gasteiger partial charge in [0.25, 0.3) is 5.91 Å². The Hall–Kier alpha value is -3.46. The number of benzene rings is 2. The van der Waals surface area contributed by atoms with Crippen LogP contribution in [-0.2, 0) is 20.8 Å². The minimum absolute atomic E-state index is 0.0402. The Kier molecular flexibility index (Phi) is 7.97. The summed E-state index contributed by atoms with van der Waals surface area (Å²) in [4.78, 5) is 48.7. The summed E-state index contributed by atoms with van der Waals surface area (Å²) in [6, 6.07) is 16.6. The van der Waals surface area contributed by atoms with Crippen molar-refractivity contribution in [1.29, 1.82) is 0 Å². The van der Waals surface area contributed by atoms with Crippen LogP contribution in [0.4, 0.5) is 5.69 Å². The van der Waals surface area contributed by atoms with Crippen molar-refractivity contribution >= 4 is 46.2 Å². The summed E-state index contributed by atoms with van der Waals surface area (Å²) in [5.74, 6) is -0.0855. The van der Waals surface area contributed by atoms with Gasteiger partial charge in [-0.3, -0.25) is 19.3 Å². The van der Waals surface area contributed by atoms with Gasteiger partial charge in [-0.15, -0.1) is 0 Å². The predicted octanol–water partition coefficient (Wildman–Crippen LogP) is 3.04. The molecule has 35 heavy (non-hydrogen) atoms. The van der Waals surface area contributed by atoms with Crippen molar-refractivity contribution in [3.63, 3.8) is 0 Å². The molecule has 2 aromatic rings. The second-order valence-electron chi connectivity index (χ2n) is 8.53. The van der Waals surface area contributed by atoms with Gasteiger partial charge in [0, 0.05) is 18.2 Å². The molecule has 2 unspecified atom stereocenters. The Balaban J connectivity index is 1.46. The molecule has 0 bridgehead atoms. The molecule has 2 N–H and O–H groups in total. The number of aliphatic imine (C=N–C) groups is 2. The molecule has 9 heteroatoms. The van der Waals surface area contributed by atoms with E-state index in [-0.39, 0.29) is 35.9 Å². The van der Waals surface area contributed by atoms with E-state index in [1.807, 2.05) is 68.4 Å². The quantitative estimate of drug-likeness (QED) is 0.561. The SMILES string of the molecule is CCC(C)NC(=O)CSC1=Nc2ccccc2C2=NC(=O)C(CC(=O)NCCc3ccccc3)N12. The number of para-hydroxylation sites is 1. The van der Waals surface area contributed by atoms with Crippen LogP contribution in [0.15, 0.2) is 64.6 Å². The smallest absolute Gasteiger partial charge is 0.271 e. The van der Waals surface area contributed by atoms with Crippen LogP contribution in [0.25, 0.3) is 0 Å². The summed E-state index contributed by atoms with van der Waals surface area (Å²) >= 11 is 1.25. The third-order valence-corrected chi connectivity index (χ3v) is 6.87. The highest BCUT2D eigenvalue weighted by molar-refractivity contribution is 8.14. The van der Waals surface area contributed by atoms with Crippen LogP contribution in [0.2, 0.25) is 0 Å². The molecule has 0 spiro atoms. The number of carbonyl (C=O) groups is 3. The number of nitrogens with one attached hydrogen (secondary N) is 2. The van der Waals surface area contributed by atoms with E-state index in [2.05, 4.69) is 15.6 Å². The minimum Gasteiger partial charge on any atom is -0.356 e. The largest absolute Gasteiger partial charge is 0.356 e. The van der Waals surface area contributed by atoms with E-state index < -0.39 is 6.04 Å². The summed E-state index contributed by atoms with van der Waals surface area (Å²) in [5, 5.41) is 6.34. The molecule has 0 fully saturated rings. The van der Waals surface area contributed by atoms with Gasteiger partial charge in [0.2, 0.25) is 11.8 Å². The van der Waals surface area contributed by atoms with Gasteiger partial charge in [0.15, 0.2) is 5.17 Å². The van der Waals surface area contributed by atoms with Crippen molar-refractivity contribution in [1.82, 2.24) is 15.5 Å². The lowest BCUT2D eigenvalue weighted by Gasteiger charge is -2.30. The standard InChI is InChI=1S/C26H29N5O3S/c1-3-17(2)28-23(33)16-35-26-29-20-12-8-7-11-19(20)24-30-25(34)21(31(24)26)15-22(32)27-14-13-18-9-5-4-6-10-18/h4-12,17,21H,3,13-16H2,1-2H3,(H,27,32)(H,28,33). The highest BCUT2D eigenvalue weighted by Crippen LogP contribution is 2.34. The molecule has 2 aliphatic rings. The van der Waals surface area contributed by atoms with Gasteiger partial charge in [-0.05, 0) is 37.5 Å². The Labute approximate surface area is 209 Å². The molecule has 0 aliphatic carbocycles. The van der Waals surface area contributed by atoms with Crippen LogP contribution < -0.4 is 10.6 Å². The number of nitrogens with zero attached hydrogens (tertiary/aromatic N) is 3. The van der Waals surface area contributed by atoms with Crippen molar-refractivity contribution in [2.75, 3.05) is 12.3 Å². The molecule has 0 radical (unpaired) electrons. The maximum Gasteiger partial charge on any atom is 0.271 e. The average molecular weight is 492 g/mol. The van der Waals surface area contributed by atoms with E-state index in [1.54, 1.807) is 4.90 Å². The number of amides is 3. The van der Waals surface area contributed by atoms with Gasteiger partial charge < -0.3 is 10.6 Å². The minimum atomic E-state index is -0.793. The maximum atomic E-state index is 12.9. The molecule has 8 nitrogen and oxygen atoms in total. The van der Waals surface area contributed by atoms with Gasteiger partial charge in [-0.2, -0.15) is 4.99 Å². The van der Waals surface area contributed by atoms with Gasteiger partial charge in [-0.25, -0.2) is 4.99 Å². The van der Waals surface area contributed by atoms with Crippen molar-refractivity contribution < 1.29 is 14.4 Å². The Morgan fingerprint density at radius 1 is 1.06 bits per heavy atom. The molecule has 0 saturated heterocycles. The molecular weight excluding hydrogens is 462 g/mol. The summed E-state index contributed by atoms with van der Waals surface area (Å²) < 4.78 is 0. The third kappa shape index (κ3) is 5.97. The lowest BCUT2D eigenvalue weighted by Crippen LogP contribution is -2.46. The number of amidine groups is 2. The lowest BCUT2D eigenvalue weighted by atomic mass is 10.1. The maximum absolute atomic E-state index is 12.9. The highest BCUT2D eigenvalue weighted by atomic mass is 32.2. The second-order valence-corrected chi connectivity index (χ2v) is 9.47. The zero-order chi connectivity index (χ0) is 24.8. The molecule has 182 valence electrons. The predicted molar refractivity (Wildman–Crippen MR) is 139 cm³/mol. The zero-order valence-electron chi connectivity index (χ0n) is 19.9. The van der Waals surface area contributed by atoms with Gasteiger partial charge in [0.05, 0.1) is 17.9 Å². The fourth-order valence-electron chi connectivity index (χ4n) is 3.89. The molecule has 0 aromatic heterocycles. The molecule has 4 rings (SSSR count). The molecular formula is C26H29N5O3S. The van der Waals surface area contributed by atoms with E-state index in [0.29, 0.717) is 29.7 Å². The first-order chi connectivity index (χ1) is 17.0. The summed E-state index contributed by atoms with van der Waals surface area (Å²) in [7, 11) is 0. The van der Waals surface area contributed by atoms with Crippen LogP contribution in [0, 0.1) is 0 Å². The fraction of sp³-hybridized carbons (Fsp3) is 0.346. The number of hydrogen-bond acceptors (Lipinski definition) is 6. The van der Waals surface area contributed by atoms with Gasteiger partial charge >= 0.3 is 0 Å². The lowest BCUT2D eigenvalue weighted by molar-refractivity contribution is -0.126. The van der Waals surface area contributed by atoms with E-state index in [1.165, 1.54) is 11.8 Å². The van der Waals surface area contributed by atoms with Crippen molar-refractivity contribution in [2.24, 2.45) is 9.98 Å². The monoisotopic (exact) mass is 491 g/mol. The average Bonchev–Trinajstić information content (AvgIpc) is 3.19. The Morgan fingerprint density at radius 3 is 2.57 bits per heavy atom. The fourth-order valence-corrected chi connectivity index (χ4v) is 4.75. The topological polar surface area (TPSA) is 103 Å². The van der Waals surface area contributed by atoms with E-state index in [0.717, 1.165) is 17.5 Å². The number of hydrogen-bond donors (Lipinski definition) is 2. The van der Waals surface area contributed by atoms with Crippen LogP contribution in [0.1, 0.15) is 37.8 Å². The highest BCUT2D eigenvalue weighted by Gasteiger charge is 2.42. The van der Waals surface area contributed by atoms with E-state index >= 15 is 0 Å². The molecule has 2 aromatic carbocycles. The Bertz CT molecular complexity index is 1160. The third-order valence-electron chi connectivity index (χ3n) is 5.92. The summed E-state index contributed by atoms with van der Waals surface area (Å²) in [6.07, 6.45) is 1.50. The second kappa shape index (κ2) is 11.3. The van der Waals surface area contributed by atoms with Crippen LogP contribution >= 0.6 is 11.8 Å². The first-order valence-corrected chi connectivity index (χ1v) is 12.8. The van der Waals surface area contributed by atoms with E-state index in [4.69, 9.17) is 4.99 Å². The van der Waals surface area contributed by atoms with Crippen LogP contribution in [0.5, 0.6) is 0 Å². The van der Waals surface area contributed by atoms with Crippen molar-refractivity contribution in [2.45, 2.75) is 45.2 Å². The number of thioether (sulfide) groups is 1. The zero-order valence-corrected chi connectivity index (χ0v) is 20.7. The van der Waals surface area contributed by atoms with Crippen LogP contribution in [-0.4, -0.2) is 58.0 Å². The number of fused-ring (bicyclic) bond motifs is 3. The molecule has 0 saturated carbocycles. The summed E-state index contributed by atoms with van der Waals surface area (Å²) in [5.41, 5.74) is 2.55. The Morgan fingerprint density at radius 2 is 1.80 bits per heavy atom. The number of rotatable bonds is 9. The molecule has 2 heterocycles. The molecule has 3 amide bonds. The van der Waals surface area contributed by atoms with E-state index in [9.17, 15) is 14.4 Å². The normalized spacial score (nSPS) is 17.1. The molecule has 2 atom stereocenters.